The van der Waals surface area contributed by atoms with E-state index < -0.39 is 6.10 Å². The maximum Gasteiger partial charge on any atom is 0.108 e. The second-order valence-electron chi connectivity index (χ2n) is 10.0. The zero-order chi connectivity index (χ0) is 21.2. The van der Waals surface area contributed by atoms with Crippen LogP contribution >= 0.6 is 0 Å². The highest BCUT2D eigenvalue weighted by Gasteiger charge is 2.40. The molecule has 168 valence electrons. The van der Waals surface area contributed by atoms with E-state index in [1.54, 1.807) is 0 Å². The van der Waals surface area contributed by atoms with E-state index in [1.165, 1.54) is 64.7 Å². The SMILES string of the molecule is CC(O)COO.CCC(C)(CC)OC1CCC(C(C)(C)C2CCCCC2)CC1. The highest BCUT2D eigenvalue weighted by atomic mass is 17.1. The first kappa shape index (κ1) is 25.9. The third-order valence-electron chi connectivity index (χ3n) is 7.65. The van der Waals surface area contributed by atoms with Crippen LogP contribution < -0.4 is 0 Å². The Bertz CT molecular complexity index is 389. The average Bonchev–Trinajstić information content (AvgIpc) is 2.69. The normalized spacial score (nSPS) is 25.7. The first-order valence-electron chi connectivity index (χ1n) is 11.8. The molecule has 0 saturated heterocycles. The predicted molar refractivity (Wildman–Crippen MR) is 116 cm³/mol. The number of rotatable bonds is 8. The molecule has 4 heteroatoms. The maximum absolute atomic E-state index is 8.27. The van der Waals surface area contributed by atoms with Crippen LogP contribution in [0.25, 0.3) is 0 Å². The Hall–Kier alpha value is -0.160. The van der Waals surface area contributed by atoms with Gasteiger partial charge in [-0.15, -0.1) is 0 Å². The van der Waals surface area contributed by atoms with Crippen molar-refractivity contribution in [1.29, 1.82) is 0 Å². The van der Waals surface area contributed by atoms with Gasteiger partial charge in [-0.05, 0) is 82.5 Å². The van der Waals surface area contributed by atoms with Gasteiger partial charge in [-0.25, -0.2) is 4.89 Å². The molecule has 0 heterocycles. The number of ether oxygens (including phenoxy) is 1. The lowest BCUT2D eigenvalue weighted by atomic mass is 9.61. The van der Waals surface area contributed by atoms with E-state index >= 15 is 0 Å². The second-order valence-corrected chi connectivity index (χ2v) is 10.0. The highest BCUT2D eigenvalue weighted by Crippen LogP contribution is 2.48. The van der Waals surface area contributed by atoms with Crippen molar-refractivity contribution in [2.75, 3.05) is 6.61 Å². The van der Waals surface area contributed by atoms with Crippen LogP contribution in [0.2, 0.25) is 0 Å². The predicted octanol–water partition coefficient (Wildman–Crippen LogP) is 6.60. The van der Waals surface area contributed by atoms with Gasteiger partial charge in [0.1, 0.15) is 6.61 Å². The number of aliphatic hydroxyl groups is 1. The summed E-state index contributed by atoms with van der Waals surface area (Å²) in [6.07, 6.45) is 14.9. The van der Waals surface area contributed by atoms with E-state index in [0.29, 0.717) is 11.5 Å². The summed E-state index contributed by atoms with van der Waals surface area (Å²) in [4.78, 5) is 3.55. The van der Waals surface area contributed by atoms with Crippen molar-refractivity contribution in [3.8, 4) is 0 Å². The molecule has 0 spiro atoms. The largest absolute Gasteiger partial charge is 0.391 e. The lowest BCUT2D eigenvalue weighted by Gasteiger charge is -2.46. The highest BCUT2D eigenvalue weighted by molar-refractivity contribution is 4.90. The molecule has 28 heavy (non-hydrogen) atoms. The zero-order valence-corrected chi connectivity index (χ0v) is 19.5. The summed E-state index contributed by atoms with van der Waals surface area (Å²) < 4.78 is 6.48. The minimum absolute atomic E-state index is 0.0139. The van der Waals surface area contributed by atoms with Crippen molar-refractivity contribution in [3.63, 3.8) is 0 Å². The smallest absolute Gasteiger partial charge is 0.108 e. The van der Waals surface area contributed by atoms with E-state index in [4.69, 9.17) is 15.1 Å². The fourth-order valence-corrected chi connectivity index (χ4v) is 5.03. The molecule has 0 aromatic rings. The summed E-state index contributed by atoms with van der Waals surface area (Å²) in [6.45, 7) is 13.5. The van der Waals surface area contributed by atoms with Gasteiger partial charge >= 0.3 is 0 Å². The third kappa shape index (κ3) is 8.30. The molecule has 2 aliphatic rings. The zero-order valence-electron chi connectivity index (χ0n) is 19.5. The van der Waals surface area contributed by atoms with Crippen molar-refractivity contribution in [1.82, 2.24) is 0 Å². The molecular formula is C24H48O4. The third-order valence-corrected chi connectivity index (χ3v) is 7.65. The van der Waals surface area contributed by atoms with E-state index in [9.17, 15) is 0 Å². The molecule has 0 aliphatic heterocycles. The lowest BCUT2D eigenvalue weighted by Crippen LogP contribution is -2.39. The van der Waals surface area contributed by atoms with Gasteiger partial charge in [0.2, 0.25) is 0 Å². The Morgan fingerprint density at radius 1 is 0.857 bits per heavy atom. The fourth-order valence-electron chi connectivity index (χ4n) is 5.03. The summed E-state index contributed by atoms with van der Waals surface area (Å²) in [7, 11) is 0. The van der Waals surface area contributed by atoms with Gasteiger partial charge in [0, 0.05) is 0 Å². The molecule has 4 nitrogen and oxygen atoms in total. The van der Waals surface area contributed by atoms with Crippen LogP contribution in [0.3, 0.4) is 0 Å². The van der Waals surface area contributed by atoms with E-state index in [2.05, 4.69) is 39.5 Å². The number of hydrogen-bond acceptors (Lipinski definition) is 4. The van der Waals surface area contributed by atoms with Crippen molar-refractivity contribution in [2.45, 2.75) is 130 Å². The van der Waals surface area contributed by atoms with Gasteiger partial charge < -0.3 is 9.84 Å². The van der Waals surface area contributed by atoms with Crippen molar-refractivity contribution >= 4 is 0 Å². The summed E-state index contributed by atoms with van der Waals surface area (Å²) in [6, 6.07) is 0. The van der Waals surface area contributed by atoms with Crippen LogP contribution in [0.15, 0.2) is 0 Å². The molecule has 2 aliphatic carbocycles. The Labute approximate surface area is 174 Å². The van der Waals surface area contributed by atoms with Gasteiger partial charge in [0.25, 0.3) is 0 Å². The summed E-state index contributed by atoms with van der Waals surface area (Å²) in [5.41, 5.74) is 0.653. The van der Waals surface area contributed by atoms with Crippen LogP contribution in [0.1, 0.15) is 112 Å². The van der Waals surface area contributed by atoms with E-state index in [0.717, 1.165) is 24.7 Å². The van der Waals surface area contributed by atoms with E-state index in [1.807, 2.05) is 0 Å². The Balaban J connectivity index is 0.000000568. The molecule has 2 N–H and O–H groups in total. The van der Waals surface area contributed by atoms with Crippen molar-refractivity contribution in [3.05, 3.63) is 0 Å². The second kappa shape index (κ2) is 12.5. The minimum Gasteiger partial charge on any atom is -0.391 e. The van der Waals surface area contributed by atoms with Gasteiger partial charge in [-0.1, -0.05) is 47.0 Å². The number of hydrogen-bond donors (Lipinski definition) is 2. The fraction of sp³-hybridized carbons (Fsp3) is 1.00. The van der Waals surface area contributed by atoms with Gasteiger partial charge in [0.15, 0.2) is 0 Å². The van der Waals surface area contributed by atoms with Crippen LogP contribution in [0, 0.1) is 17.3 Å². The minimum atomic E-state index is -0.574. The van der Waals surface area contributed by atoms with Crippen LogP contribution in [-0.4, -0.2) is 34.8 Å². The topological polar surface area (TPSA) is 58.9 Å². The number of aliphatic hydroxyl groups excluding tert-OH is 1. The molecular weight excluding hydrogens is 352 g/mol. The van der Waals surface area contributed by atoms with Crippen molar-refractivity contribution in [2.24, 2.45) is 17.3 Å². The summed E-state index contributed by atoms with van der Waals surface area (Å²) in [5, 5.41) is 15.8. The molecule has 2 saturated carbocycles. The van der Waals surface area contributed by atoms with E-state index in [-0.39, 0.29) is 12.2 Å². The van der Waals surface area contributed by atoms with Crippen LogP contribution in [0.5, 0.6) is 0 Å². The molecule has 0 amide bonds. The van der Waals surface area contributed by atoms with Gasteiger partial charge in [-0.3, -0.25) is 5.26 Å². The lowest BCUT2D eigenvalue weighted by molar-refractivity contribution is -0.255. The monoisotopic (exact) mass is 400 g/mol. The van der Waals surface area contributed by atoms with Gasteiger partial charge in [0.05, 0.1) is 17.8 Å². The van der Waals surface area contributed by atoms with Crippen molar-refractivity contribution < 1.29 is 20.0 Å². The van der Waals surface area contributed by atoms with Crippen LogP contribution in [0.4, 0.5) is 0 Å². The average molecular weight is 401 g/mol. The maximum atomic E-state index is 8.27. The molecule has 0 aromatic heterocycles. The molecule has 2 fully saturated rings. The first-order valence-corrected chi connectivity index (χ1v) is 11.8. The molecule has 0 aromatic carbocycles. The quantitative estimate of drug-likeness (QED) is 0.356. The first-order chi connectivity index (χ1) is 13.2. The standard InChI is InChI=1S/C21H40O.C3H8O3/c1-6-21(5,7-2)22-19-15-13-18(14-16-19)20(3,4)17-11-9-8-10-12-17;1-3(4)2-6-5/h17-19H,6-16H2,1-5H3;3-5H,2H2,1H3. The molecule has 0 bridgehead atoms. The molecule has 1 atom stereocenters. The summed E-state index contributed by atoms with van der Waals surface area (Å²) >= 11 is 0. The van der Waals surface area contributed by atoms with Gasteiger partial charge in [-0.2, -0.15) is 0 Å². The molecule has 1 unspecified atom stereocenters. The summed E-state index contributed by atoms with van der Waals surface area (Å²) in [5.74, 6) is 1.89. The Morgan fingerprint density at radius 3 is 1.75 bits per heavy atom. The molecule has 0 radical (unpaired) electrons. The molecule has 2 rings (SSSR count). The van der Waals surface area contributed by atoms with Crippen LogP contribution in [-0.2, 0) is 9.62 Å². The Morgan fingerprint density at radius 2 is 1.36 bits per heavy atom. The Kier molecular flexibility index (Phi) is 11.6.